The Labute approximate surface area is 101 Å². The minimum absolute atomic E-state index is 0.195. The van der Waals surface area contributed by atoms with E-state index in [2.05, 4.69) is 19.6 Å². The van der Waals surface area contributed by atoms with Gasteiger partial charge in [0.15, 0.2) is 0 Å². The molecule has 1 N–H and O–H groups in total. The van der Waals surface area contributed by atoms with Gasteiger partial charge in [-0.2, -0.15) is 22.5 Å². The summed E-state index contributed by atoms with van der Waals surface area (Å²) >= 11 is 0.765. The van der Waals surface area contributed by atoms with Crippen molar-refractivity contribution in [2.45, 2.75) is 25.1 Å². The lowest BCUT2D eigenvalue weighted by Gasteiger charge is -2.29. The second-order valence-electron chi connectivity index (χ2n) is 4.14. The number of nitrogens with zero attached hydrogens (tertiary/aromatic N) is 3. The lowest BCUT2D eigenvalue weighted by Crippen LogP contribution is -2.36. The van der Waals surface area contributed by atoms with E-state index in [0.717, 1.165) is 37.5 Å². The molecule has 0 atom stereocenters. The largest absolute Gasteiger partial charge is 0.452 e. The number of hydrogen-bond donors (Lipinski definition) is 1. The number of likely N-dealkylation sites (tertiary alicyclic amines) is 1. The number of nitrogens with one attached hydrogen (secondary N) is 1. The summed E-state index contributed by atoms with van der Waals surface area (Å²) in [4.78, 5) is 5.65. The molecule has 2 rings (SSSR count). The zero-order valence-corrected chi connectivity index (χ0v) is 10.1. The van der Waals surface area contributed by atoms with Gasteiger partial charge in [0.2, 0.25) is 11.0 Å². The Hall–Kier alpha value is -0.890. The molecule has 0 amide bonds. The lowest BCUT2D eigenvalue weighted by molar-refractivity contribution is -0.144. The molecule has 1 aromatic heterocycles. The highest BCUT2D eigenvalue weighted by Gasteiger charge is 2.36. The maximum absolute atomic E-state index is 12.3. The third-order valence-corrected chi connectivity index (χ3v) is 3.37. The highest BCUT2D eigenvalue weighted by molar-refractivity contribution is 7.09. The smallest absolute Gasteiger partial charge is 0.357 e. The Morgan fingerprint density at radius 2 is 2.00 bits per heavy atom. The molecule has 0 saturated carbocycles. The van der Waals surface area contributed by atoms with E-state index in [9.17, 15) is 13.2 Å². The number of halogens is 3. The van der Waals surface area contributed by atoms with Gasteiger partial charge in [-0.25, -0.2) is 0 Å². The van der Waals surface area contributed by atoms with E-state index in [4.69, 9.17) is 0 Å². The summed E-state index contributed by atoms with van der Waals surface area (Å²) in [6.07, 6.45) is -2.63. The van der Waals surface area contributed by atoms with Gasteiger partial charge >= 0.3 is 6.18 Å². The molecule has 0 spiro atoms. The van der Waals surface area contributed by atoms with Crippen LogP contribution in [-0.4, -0.2) is 40.4 Å². The van der Waals surface area contributed by atoms with Crippen LogP contribution in [0.4, 0.5) is 18.3 Å². The van der Waals surface area contributed by atoms with Crippen LogP contribution in [0.3, 0.4) is 0 Å². The second-order valence-corrected chi connectivity index (χ2v) is 4.89. The molecule has 2 heterocycles. The fourth-order valence-electron chi connectivity index (χ4n) is 1.72. The van der Waals surface area contributed by atoms with Gasteiger partial charge < -0.3 is 10.2 Å². The molecule has 0 aliphatic carbocycles. The van der Waals surface area contributed by atoms with Crippen LogP contribution < -0.4 is 5.32 Å². The van der Waals surface area contributed by atoms with Crippen molar-refractivity contribution < 1.29 is 13.2 Å². The molecule has 0 bridgehead atoms. The van der Waals surface area contributed by atoms with Crippen molar-refractivity contribution >= 4 is 16.7 Å². The standard InChI is InChI=1S/C9H13F3N4S/c1-16-4-2-6(3-5-16)13-8-14-7(15-17-8)9(10,11)12/h6H,2-5H2,1H3,(H,13,14,15). The Kier molecular flexibility index (Phi) is 3.53. The molecule has 0 unspecified atom stereocenters. The minimum Gasteiger partial charge on any atom is -0.357 e. The van der Waals surface area contributed by atoms with Crippen LogP contribution in [0.25, 0.3) is 0 Å². The minimum atomic E-state index is -4.46. The molecule has 1 aromatic rings. The van der Waals surface area contributed by atoms with E-state index in [-0.39, 0.29) is 11.2 Å². The fraction of sp³-hybridized carbons (Fsp3) is 0.778. The normalized spacial score (nSPS) is 19.5. The SMILES string of the molecule is CN1CCC(Nc2nc(C(F)(F)F)ns2)CC1. The molecule has 4 nitrogen and oxygen atoms in total. The average molecular weight is 266 g/mol. The number of hydrogen-bond acceptors (Lipinski definition) is 5. The van der Waals surface area contributed by atoms with E-state index in [1.165, 1.54) is 0 Å². The Bertz CT molecular complexity index is 371. The van der Waals surface area contributed by atoms with Crippen molar-refractivity contribution in [2.24, 2.45) is 0 Å². The van der Waals surface area contributed by atoms with Crippen LogP contribution in [0.5, 0.6) is 0 Å². The van der Waals surface area contributed by atoms with Crippen molar-refractivity contribution in [2.75, 3.05) is 25.5 Å². The van der Waals surface area contributed by atoms with E-state index in [0.29, 0.717) is 0 Å². The fourth-order valence-corrected chi connectivity index (χ4v) is 2.39. The van der Waals surface area contributed by atoms with Gasteiger partial charge in [-0.3, -0.25) is 0 Å². The summed E-state index contributed by atoms with van der Waals surface area (Å²) in [7, 11) is 2.03. The van der Waals surface area contributed by atoms with Crippen LogP contribution in [0.1, 0.15) is 18.7 Å². The monoisotopic (exact) mass is 266 g/mol. The van der Waals surface area contributed by atoms with E-state index in [1.54, 1.807) is 0 Å². The first-order valence-electron chi connectivity index (χ1n) is 5.31. The Morgan fingerprint density at radius 1 is 1.35 bits per heavy atom. The molecule has 17 heavy (non-hydrogen) atoms. The molecule has 0 radical (unpaired) electrons. The van der Waals surface area contributed by atoms with Crippen LogP contribution in [0.15, 0.2) is 0 Å². The summed E-state index contributed by atoms with van der Waals surface area (Å²) in [5.74, 6) is -1.06. The van der Waals surface area contributed by atoms with Gasteiger partial charge in [0.1, 0.15) is 0 Å². The van der Waals surface area contributed by atoms with E-state index >= 15 is 0 Å². The summed E-state index contributed by atoms with van der Waals surface area (Å²) in [6, 6.07) is 0.195. The van der Waals surface area contributed by atoms with Gasteiger partial charge in [0.05, 0.1) is 0 Å². The van der Waals surface area contributed by atoms with Crippen LogP contribution in [0, 0.1) is 0 Å². The molecular weight excluding hydrogens is 253 g/mol. The predicted molar refractivity (Wildman–Crippen MR) is 59.1 cm³/mol. The summed E-state index contributed by atoms with van der Waals surface area (Å²) in [6.45, 7) is 1.89. The zero-order valence-electron chi connectivity index (χ0n) is 9.29. The van der Waals surface area contributed by atoms with Crippen molar-refractivity contribution in [1.29, 1.82) is 0 Å². The molecule has 8 heteroatoms. The third kappa shape index (κ3) is 3.29. The van der Waals surface area contributed by atoms with Crippen molar-refractivity contribution in [1.82, 2.24) is 14.3 Å². The molecule has 96 valence electrons. The molecule has 1 aliphatic rings. The highest BCUT2D eigenvalue weighted by atomic mass is 32.1. The van der Waals surface area contributed by atoms with Crippen LogP contribution >= 0.6 is 11.5 Å². The summed E-state index contributed by atoms with van der Waals surface area (Å²) in [5, 5.41) is 3.27. The average Bonchev–Trinajstić information content (AvgIpc) is 2.69. The number of rotatable bonds is 2. The number of anilines is 1. The van der Waals surface area contributed by atoms with Crippen molar-refractivity contribution in [3.63, 3.8) is 0 Å². The van der Waals surface area contributed by atoms with Gasteiger partial charge in [-0.15, -0.1) is 0 Å². The van der Waals surface area contributed by atoms with E-state index in [1.807, 2.05) is 7.05 Å². The van der Waals surface area contributed by atoms with Crippen molar-refractivity contribution in [3.05, 3.63) is 5.82 Å². The van der Waals surface area contributed by atoms with Gasteiger partial charge in [-0.1, -0.05) is 0 Å². The molecular formula is C9H13F3N4S. The Balaban J connectivity index is 1.93. The quantitative estimate of drug-likeness (QED) is 0.889. The topological polar surface area (TPSA) is 41.0 Å². The second kappa shape index (κ2) is 4.77. The number of aromatic nitrogens is 2. The maximum Gasteiger partial charge on any atom is 0.452 e. The summed E-state index contributed by atoms with van der Waals surface area (Å²) < 4.78 is 40.1. The van der Waals surface area contributed by atoms with E-state index < -0.39 is 12.0 Å². The van der Waals surface area contributed by atoms with Crippen molar-refractivity contribution in [3.8, 4) is 0 Å². The zero-order chi connectivity index (χ0) is 12.5. The molecule has 1 fully saturated rings. The highest BCUT2D eigenvalue weighted by Crippen LogP contribution is 2.29. The Morgan fingerprint density at radius 3 is 2.53 bits per heavy atom. The molecule has 1 saturated heterocycles. The summed E-state index contributed by atoms with van der Waals surface area (Å²) in [5.41, 5.74) is 0. The van der Waals surface area contributed by atoms with Gasteiger partial charge in [-0.05, 0) is 33.0 Å². The van der Waals surface area contributed by atoms with Gasteiger partial charge in [0, 0.05) is 17.6 Å². The van der Waals surface area contributed by atoms with Crippen LogP contribution in [0.2, 0.25) is 0 Å². The molecule has 0 aromatic carbocycles. The first-order valence-corrected chi connectivity index (χ1v) is 6.08. The molecule has 1 aliphatic heterocycles. The number of alkyl halides is 3. The van der Waals surface area contributed by atoms with Gasteiger partial charge in [0.25, 0.3) is 0 Å². The predicted octanol–water partition coefficient (Wildman–Crippen LogP) is 2.06. The maximum atomic E-state index is 12.3. The number of piperidine rings is 1. The van der Waals surface area contributed by atoms with Crippen LogP contribution in [-0.2, 0) is 6.18 Å². The lowest BCUT2D eigenvalue weighted by atomic mass is 10.1. The third-order valence-electron chi connectivity index (χ3n) is 2.73. The first-order chi connectivity index (χ1) is 7.95. The first kappa shape index (κ1) is 12.6.